The lowest BCUT2D eigenvalue weighted by Crippen LogP contribution is -2.50. The number of likely N-dealkylation sites (tertiary alicyclic amines) is 1. The zero-order chi connectivity index (χ0) is 13.1. The third-order valence-corrected chi connectivity index (χ3v) is 5.06. The highest BCUT2D eigenvalue weighted by Gasteiger charge is 2.37. The molecule has 0 aromatic rings. The van der Waals surface area contributed by atoms with Gasteiger partial charge in [0, 0.05) is 19.1 Å². The van der Waals surface area contributed by atoms with E-state index in [1.54, 1.807) is 0 Å². The Bertz CT molecular complexity index is 274. The maximum Gasteiger partial charge on any atom is 0.227 e. The largest absolute Gasteiger partial charge is 0.342 e. The zero-order valence-electron chi connectivity index (χ0n) is 11.9. The molecule has 1 saturated heterocycles. The Morgan fingerprint density at radius 3 is 2.44 bits per heavy atom. The molecule has 0 radical (unpaired) electrons. The first kappa shape index (κ1) is 13.9. The molecule has 3 nitrogen and oxygen atoms in total. The quantitative estimate of drug-likeness (QED) is 0.820. The Kier molecular flexibility index (Phi) is 4.66. The normalized spacial score (nSPS) is 34.6. The van der Waals surface area contributed by atoms with Crippen LogP contribution in [0.25, 0.3) is 0 Å². The summed E-state index contributed by atoms with van der Waals surface area (Å²) in [5, 5.41) is 0. The van der Waals surface area contributed by atoms with E-state index in [9.17, 15) is 4.79 Å². The fourth-order valence-corrected chi connectivity index (χ4v) is 3.66. The molecule has 18 heavy (non-hydrogen) atoms. The SMILES string of the molecule is CCC1CCN(C(=O)C2C(C)CCCC2N)CC1. The van der Waals surface area contributed by atoms with E-state index in [1.807, 2.05) is 0 Å². The van der Waals surface area contributed by atoms with E-state index in [0.717, 1.165) is 31.8 Å². The molecular weight excluding hydrogens is 224 g/mol. The second-order valence-electron chi connectivity index (χ2n) is 6.27. The Hall–Kier alpha value is -0.570. The fraction of sp³-hybridized carbons (Fsp3) is 0.933. The van der Waals surface area contributed by atoms with Gasteiger partial charge >= 0.3 is 0 Å². The van der Waals surface area contributed by atoms with Gasteiger partial charge in [0.2, 0.25) is 5.91 Å². The molecule has 104 valence electrons. The highest BCUT2D eigenvalue weighted by Crippen LogP contribution is 2.31. The lowest BCUT2D eigenvalue weighted by Gasteiger charge is -2.39. The molecule has 3 heteroatoms. The van der Waals surface area contributed by atoms with Gasteiger partial charge < -0.3 is 10.6 Å². The van der Waals surface area contributed by atoms with Crippen molar-refractivity contribution in [2.45, 2.75) is 58.4 Å². The average Bonchev–Trinajstić information content (AvgIpc) is 2.38. The Labute approximate surface area is 111 Å². The maximum absolute atomic E-state index is 12.6. The molecule has 2 N–H and O–H groups in total. The first-order valence-corrected chi connectivity index (χ1v) is 7.67. The minimum absolute atomic E-state index is 0.0805. The van der Waals surface area contributed by atoms with Crippen molar-refractivity contribution < 1.29 is 4.79 Å². The van der Waals surface area contributed by atoms with Crippen LogP contribution in [0.4, 0.5) is 0 Å². The topological polar surface area (TPSA) is 46.3 Å². The summed E-state index contributed by atoms with van der Waals surface area (Å²) in [6.45, 7) is 6.35. The molecule has 2 rings (SSSR count). The lowest BCUT2D eigenvalue weighted by molar-refractivity contribution is -0.140. The van der Waals surface area contributed by atoms with Gasteiger partial charge in [-0.25, -0.2) is 0 Å². The highest BCUT2D eigenvalue weighted by atomic mass is 16.2. The van der Waals surface area contributed by atoms with Crippen LogP contribution < -0.4 is 5.73 Å². The number of nitrogens with zero attached hydrogens (tertiary/aromatic N) is 1. The van der Waals surface area contributed by atoms with Crippen LogP contribution in [0.5, 0.6) is 0 Å². The van der Waals surface area contributed by atoms with Crippen LogP contribution in [0.1, 0.15) is 52.4 Å². The highest BCUT2D eigenvalue weighted by molar-refractivity contribution is 5.80. The summed E-state index contributed by atoms with van der Waals surface area (Å²) >= 11 is 0. The Balaban J connectivity index is 1.94. The Morgan fingerprint density at radius 1 is 1.22 bits per heavy atom. The predicted octanol–water partition coefficient (Wildman–Crippen LogP) is 2.40. The van der Waals surface area contributed by atoms with Gasteiger partial charge in [0.1, 0.15) is 0 Å². The molecular formula is C15H28N2O. The van der Waals surface area contributed by atoms with Crippen LogP contribution >= 0.6 is 0 Å². The number of amides is 1. The predicted molar refractivity (Wildman–Crippen MR) is 74.1 cm³/mol. The number of nitrogens with two attached hydrogens (primary N) is 1. The van der Waals surface area contributed by atoms with Crippen molar-refractivity contribution in [3.63, 3.8) is 0 Å². The van der Waals surface area contributed by atoms with Crippen LogP contribution in [0.3, 0.4) is 0 Å². The zero-order valence-corrected chi connectivity index (χ0v) is 11.9. The van der Waals surface area contributed by atoms with Crippen molar-refractivity contribution >= 4 is 5.91 Å². The molecule has 1 heterocycles. The van der Waals surface area contributed by atoms with E-state index in [4.69, 9.17) is 5.73 Å². The van der Waals surface area contributed by atoms with Crippen molar-refractivity contribution in [2.75, 3.05) is 13.1 Å². The van der Waals surface area contributed by atoms with Gasteiger partial charge in [0.15, 0.2) is 0 Å². The molecule has 2 fully saturated rings. The van der Waals surface area contributed by atoms with E-state index in [2.05, 4.69) is 18.7 Å². The van der Waals surface area contributed by atoms with Crippen molar-refractivity contribution in [2.24, 2.45) is 23.5 Å². The summed E-state index contributed by atoms with van der Waals surface area (Å²) in [5.74, 6) is 1.71. The summed E-state index contributed by atoms with van der Waals surface area (Å²) in [6.07, 6.45) is 6.98. The summed E-state index contributed by atoms with van der Waals surface area (Å²) in [6, 6.07) is 0.0881. The van der Waals surface area contributed by atoms with Gasteiger partial charge in [-0.05, 0) is 37.5 Å². The molecule has 0 aromatic carbocycles. The fourth-order valence-electron chi connectivity index (χ4n) is 3.66. The average molecular weight is 252 g/mol. The van der Waals surface area contributed by atoms with E-state index in [1.165, 1.54) is 25.7 Å². The van der Waals surface area contributed by atoms with Crippen LogP contribution in [0.2, 0.25) is 0 Å². The number of hydrogen-bond donors (Lipinski definition) is 1. The van der Waals surface area contributed by atoms with Gasteiger partial charge in [0.05, 0.1) is 5.92 Å². The van der Waals surface area contributed by atoms with Crippen LogP contribution in [-0.4, -0.2) is 29.9 Å². The van der Waals surface area contributed by atoms with Gasteiger partial charge in [-0.1, -0.05) is 26.7 Å². The van der Waals surface area contributed by atoms with Crippen LogP contribution in [0, 0.1) is 17.8 Å². The minimum atomic E-state index is 0.0805. The number of piperidine rings is 1. The van der Waals surface area contributed by atoms with Crippen molar-refractivity contribution in [1.82, 2.24) is 4.90 Å². The smallest absolute Gasteiger partial charge is 0.227 e. The van der Waals surface area contributed by atoms with Gasteiger partial charge in [-0.2, -0.15) is 0 Å². The maximum atomic E-state index is 12.6. The molecule has 0 bridgehead atoms. The van der Waals surface area contributed by atoms with E-state index in [0.29, 0.717) is 11.8 Å². The molecule has 2 aliphatic rings. The third kappa shape index (κ3) is 2.87. The standard InChI is InChI=1S/C15H28N2O/c1-3-12-7-9-17(10-8-12)15(18)14-11(2)5-4-6-13(14)16/h11-14H,3-10,16H2,1-2H3. The molecule has 0 aromatic heterocycles. The number of rotatable bonds is 2. The molecule has 1 aliphatic carbocycles. The van der Waals surface area contributed by atoms with Crippen molar-refractivity contribution in [3.8, 4) is 0 Å². The monoisotopic (exact) mass is 252 g/mol. The summed E-state index contributed by atoms with van der Waals surface area (Å²) in [5.41, 5.74) is 6.18. The molecule has 1 amide bonds. The number of carbonyl (C=O) groups is 1. The molecule has 0 spiro atoms. The van der Waals surface area contributed by atoms with E-state index >= 15 is 0 Å². The van der Waals surface area contributed by atoms with Gasteiger partial charge in [-0.3, -0.25) is 4.79 Å². The van der Waals surface area contributed by atoms with Gasteiger partial charge in [-0.15, -0.1) is 0 Å². The Morgan fingerprint density at radius 2 is 1.89 bits per heavy atom. The second kappa shape index (κ2) is 6.05. The summed E-state index contributed by atoms with van der Waals surface area (Å²) in [7, 11) is 0. The third-order valence-electron chi connectivity index (χ3n) is 5.06. The first-order chi connectivity index (χ1) is 8.63. The van der Waals surface area contributed by atoms with E-state index in [-0.39, 0.29) is 12.0 Å². The van der Waals surface area contributed by atoms with E-state index < -0.39 is 0 Å². The van der Waals surface area contributed by atoms with Crippen LogP contribution in [-0.2, 0) is 4.79 Å². The minimum Gasteiger partial charge on any atom is -0.342 e. The number of carbonyl (C=O) groups excluding carboxylic acids is 1. The summed E-state index contributed by atoms with van der Waals surface area (Å²) in [4.78, 5) is 14.7. The number of hydrogen-bond acceptors (Lipinski definition) is 2. The molecule has 3 atom stereocenters. The van der Waals surface area contributed by atoms with Crippen molar-refractivity contribution in [1.29, 1.82) is 0 Å². The van der Waals surface area contributed by atoms with Crippen LogP contribution in [0.15, 0.2) is 0 Å². The molecule has 1 saturated carbocycles. The second-order valence-corrected chi connectivity index (χ2v) is 6.27. The summed E-state index contributed by atoms with van der Waals surface area (Å²) < 4.78 is 0. The lowest BCUT2D eigenvalue weighted by atomic mass is 9.76. The first-order valence-electron chi connectivity index (χ1n) is 7.67. The molecule has 3 unspecified atom stereocenters. The van der Waals surface area contributed by atoms with Gasteiger partial charge in [0.25, 0.3) is 0 Å². The van der Waals surface area contributed by atoms with Crippen molar-refractivity contribution in [3.05, 3.63) is 0 Å². The molecule has 1 aliphatic heterocycles.